The zero-order valence-electron chi connectivity index (χ0n) is 15.9. The van der Waals surface area contributed by atoms with Crippen molar-refractivity contribution >= 4 is 0 Å². The minimum absolute atomic E-state index is 0.849. The van der Waals surface area contributed by atoms with Gasteiger partial charge >= 0.3 is 0 Å². The van der Waals surface area contributed by atoms with E-state index in [2.05, 4.69) is 62.9 Å². The molecule has 0 N–H and O–H groups in total. The highest BCUT2D eigenvalue weighted by Gasteiger charge is 2.27. The maximum absolute atomic E-state index is 2.36. The van der Waals surface area contributed by atoms with Gasteiger partial charge in [0.05, 0.1) is 54.9 Å². The van der Waals surface area contributed by atoms with Gasteiger partial charge in [-0.25, -0.2) is 0 Å². The van der Waals surface area contributed by atoms with Gasteiger partial charge in [-0.15, -0.1) is 0 Å². The molecular weight excluding hydrogens is 244 g/mol. The second-order valence-electron chi connectivity index (χ2n) is 9.16. The standard InChI is InChI=1S/C10H22N.C8H20N/c1-9(2)10-5-7-11(3,4)8-6-10;1-8(2)6-7-9(3,4)5/h9-10H,5-8H2,1-4H3;8H,6-7H2,1-5H3/q2*+1. The van der Waals surface area contributed by atoms with Crippen molar-refractivity contribution in [3.8, 4) is 0 Å². The molecule has 1 heterocycles. The molecule has 0 aromatic rings. The molecule has 1 rings (SSSR count). The molecule has 20 heavy (non-hydrogen) atoms. The van der Waals surface area contributed by atoms with Gasteiger partial charge in [0.15, 0.2) is 0 Å². The molecule has 2 heteroatoms. The summed E-state index contributed by atoms with van der Waals surface area (Å²) in [5.74, 6) is 2.75. The van der Waals surface area contributed by atoms with Crippen LogP contribution in [0.25, 0.3) is 0 Å². The molecule has 122 valence electrons. The van der Waals surface area contributed by atoms with Crippen LogP contribution < -0.4 is 0 Å². The van der Waals surface area contributed by atoms with Crippen molar-refractivity contribution in [2.75, 3.05) is 54.9 Å². The van der Waals surface area contributed by atoms with E-state index in [0.29, 0.717) is 0 Å². The Kier molecular flexibility index (Phi) is 8.35. The van der Waals surface area contributed by atoms with E-state index in [9.17, 15) is 0 Å². The molecule has 0 aliphatic carbocycles. The molecule has 1 aliphatic rings. The van der Waals surface area contributed by atoms with Crippen LogP contribution in [0.3, 0.4) is 0 Å². The fraction of sp³-hybridized carbons (Fsp3) is 1.00. The number of hydrogen-bond donors (Lipinski definition) is 0. The predicted molar refractivity (Wildman–Crippen MR) is 91.8 cm³/mol. The van der Waals surface area contributed by atoms with Crippen molar-refractivity contribution in [2.45, 2.75) is 47.0 Å². The molecule has 0 radical (unpaired) electrons. The molecule has 0 amide bonds. The van der Waals surface area contributed by atoms with Crippen molar-refractivity contribution in [3.05, 3.63) is 0 Å². The van der Waals surface area contributed by atoms with Gasteiger partial charge in [0.25, 0.3) is 0 Å². The first-order chi connectivity index (χ1) is 8.93. The second kappa shape index (κ2) is 8.38. The van der Waals surface area contributed by atoms with E-state index in [4.69, 9.17) is 0 Å². The smallest absolute Gasteiger partial charge is 0.0785 e. The normalized spacial score (nSPS) is 19.9. The van der Waals surface area contributed by atoms with Crippen LogP contribution in [0.15, 0.2) is 0 Å². The van der Waals surface area contributed by atoms with Crippen LogP contribution in [0.4, 0.5) is 0 Å². The highest BCUT2D eigenvalue weighted by molar-refractivity contribution is 4.66. The SMILES string of the molecule is CC(C)C1CC[N+](C)(C)CC1.CC(C)CC[N+](C)(C)C. The quantitative estimate of drug-likeness (QED) is 0.688. The average molecular weight is 287 g/mol. The molecule has 1 fully saturated rings. The molecular formula is C18H42N2+2. The third-order valence-corrected chi connectivity index (χ3v) is 4.53. The Morgan fingerprint density at radius 3 is 1.65 bits per heavy atom. The number of piperidine rings is 1. The Balaban J connectivity index is 0.000000370. The van der Waals surface area contributed by atoms with Crippen LogP contribution in [-0.2, 0) is 0 Å². The molecule has 2 nitrogen and oxygen atoms in total. The molecule has 0 bridgehead atoms. The molecule has 0 aromatic carbocycles. The number of quaternary nitrogens is 2. The molecule has 0 saturated carbocycles. The number of hydrogen-bond acceptors (Lipinski definition) is 0. The molecule has 0 spiro atoms. The summed E-state index contributed by atoms with van der Waals surface area (Å²) in [6, 6.07) is 0. The van der Waals surface area contributed by atoms with E-state index in [1.807, 2.05) is 0 Å². The van der Waals surface area contributed by atoms with Gasteiger partial charge in [0.1, 0.15) is 0 Å². The van der Waals surface area contributed by atoms with Crippen LogP contribution >= 0.6 is 0 Å². The first-order valence-electron chi connectivity index (χ1n) is 8.55. The number of nitrogens with zero attached hydrogens (tertiary/aromatic N) is 2. The summed E-state index contributed by atoms with van der Waals surface area (Å²) in [6.07, 6.45) is 4.21. The second-order valence-corrected chi connectivity index (χ2v) is 9.16. The fourth-order valence-electron chi connectivity index (χ4n) is 2.60. The maximum Gasteiger partial charge on any atom is 0.0785 e. The summed E-state index contributed by atoms with van der Waals surface area (Å²) in [6.45, 7) is 13.3. The van der Waals surface area contributed by atoms with Crippen LogP contribution in [0, 0.1) is 17.8 Å². The fourth-order valence-corrected chi connectivity index (χ4v) is 2.60. The summed E-state index contributed by atoms with van der Waals surface area (Å²) in [4.78, 5) is 0. The van der Waals surface area contributed by atoms with Crippen molar-refractivity contribution < 1.29 is 8.97 Å². The van der Waals surface area contributed by atoms with E-state index in [0.717, 1.165) is 22.2 Å². The van der Waals surface area contributed by atoms with E-state index in [1.165, 1.54) is 43.4 Å². The largest absolute Gasteiger partial charge is 0.331 e. The van der Waals surface area contributed by atoms with E-state index in [-0.39, 0.29) is 0 Å². The van der Waals surface area contributed by atoms with Gasteiger partial charge in [-0.2, -0.15) is 0 Å². The van der Waals surface area contributed by atoms with E-state index >= 15 is 0 Å². The van der Waals surface area contributed by atoms with Crippen LogP contribution in [-0.4, -0.2) is 63.8 Å². The highest BCUT2D eigenvalue weighted by Crippen LogP contribution is 2.26. The monoisotopic (exact) mass is 286 g/mol. The first kappa shape index (κ1) is 19.9. The summed E-state index contributed by atoms with van der Waals surface area (Å²) >= 11 is 0. The predicted octanol–water partition coefficient (Wildman–Crippen LogP) is 3.87. The van der Waals surface area contributed by atoms with E-state index < -0.39 is 0 Å². The Labute approximate surface area is 129 Å². The van der Waals surface area contributed by atoms with Gasteiger partial charge in [-0.1, -0.05) is 27.7 Å². The number of rotatable bonds is 4. The Hall–Kier alpha value is -0.0800. The van der Waals surface area contributed by atoms with Gasteiger partial charge in [0, 0.05) is 0 Å². The van der Waals surface area contributed by atoms with Gasteiger partial charge in [-0.05, 0) is 37.0 Å². The third-order valence-electron chi connectivity index (χ3n) is 4.53. The Morgan fingerprint density at radius 2 is 1.40 bits per heavy atom. The lowest BCUT2D eigenvalue weighted by molar-refractivity contribution is -0.896. The molecule has 1 aliphatic heterocycles. The van der Waals surface area contributed by atoms with Gasteiger partial charge in [0.2, 0.25) is 0 Å². The molecule has 0 unspecified atom stereocenters. The average Bonchev–Trinajstić information content (AvgIpc) is 2.26. The summed E-state index contributed by atoms with van der Waals surface area (Å²) in [5, 5.41) is 0. The van der Waals surface area contributed by atoms with Crippen LogP contribution in [0.5, 0.6) is 0 Å². The summed E-state index contributed by atoms with van der Waals surface area (Å²) in [5.41, 5.74) is 0. The van der Waals surface area contributed by atoms with Crippen LogP contribution in [0.1, 0.15) is 47.0 Å². The van der Waals surface area contributed by atoms with Gasteiger partial charge in [-0.3, -0.25) is 0 Å². The van der Waals surface area contributed by atoms with Crippen molar-refractivity contribution in [1.82, 2.24) is 0 Å². The van der Waals surface area contributed by atoms with Crippen molar-refractivity contribution in [2.24, 2.45) is 17.8 Å². The minimum atomic E-state index is 0.849. The lowest BCUT2D eigenvalue weighted by Gasteiger charge is -2.38. The van der Waals surface area contributed by atoms with Crippen LogP contribution in [0.2, 0.25) is 0 Å². The minimum Gasteiger partial charge on any atom is -0.331 e. The van der Waals surface area contributed by atoms with Gasteiger partial charge < -0.3 is 8.97 Å². The highest BCUT2D eigenvalue weighted by atomic mass is 15.3. The summed E-state index contributed by atoms with van der Waals surface area (Å²) in [7, 11) is 11.4. The number of likely N-dealkylation sites (tertiary alicyclic amines) is 1. The van der Waals surface area contributed by atoms with Crippen molar-refractivity contribution in [1.29, 1.82) is 0 Å². The molecule has 1 saturated heterocycles. The third kappa shape index (κ3) is 10.7. The lowest BCUT2D eigenvalue weighted by Crippen LogP contribution is -2.46. The maximum atomic E-state index is 2.36. The van der Waals surface area contributed by atoms with Crippen molar-refractivity contribution in [3.63, 3.8) is 0 Å². The Bertz CT molecular complexity index is 239. The zero-order chi connectivity index (χ0) is 16.0. The zero-order valence-corrected chi connectivity index (χ0v) is 15.9. The topological polar surface area (TPSA) is 0 Å². The summed E-state index contributed by atoms with van der Waals surface area (Å²) < 4.78 is 2.33. The Morgan fingerprint density at radius 1 is 0.950 bits per heavy atom. The first-order valence-corrected chi connectivity index (χ1v) is 8.55. The molecule has 0 atom stereocenters. The molecule has 0 aromatic heterocycles. The van der Waals surface area contributed by atoms with E-state index in [1.54, 1.807) is 0 Å². The lowest BCUT2D eigenvalue weighted by atomic mass is 9.86.